The van der Waals surface area contributed by atoms with Gasteiger partial charge >= 0.3 is 0 Å². The van der Waals surface area contributed by atoms with E-state index in [2.05, 4.69) is 17.4 Å². The Labute approximate surface area is 149 Å². The third-order valence-electron chi connectivity index (χ3n) is 3.88. The molecule has 2 rings (SSSR count). The van der Waals surface area contributed by atoms with Gasteiger partial charge in [0.1, 0.15) is 5.75 Å². The average Bonchev–Trinajstić information content (AvgIpc) is 2.57. The molecule has 0 saturated carbocycles. The predicted octanol–water partition coefficient (Wildman–Crippen LogP) is 4.47. The van der Waals surface area contributed by atoms with E-state index in [1.807, 2.05) is 44.2 Å². The molecule has 2 aromatic carbocycles. The van der Waals surface area contributed by atoms with Gasteiger partial charge in [-0.05, 0) is 62.4 Å². The van der Waals surface area contributed by atoms with E-state index in [0.29, 0.717) is 12.3 Å². The lowest BCUT2D eigenvalue weighted by Gasteiger charge is -2.16. The quantitative estimate of drug-likeness (QED) is 0.752. The number of halogens is 1. The number of amides is 1. The molecule has 0 saturated heterocycles. The second-order valence-corrected chi connectivity index (χ2v) is 6.39. The molecule has 0 bridgehead atoms. The zero-order valence-corrected chi connectivity index (χ0v) is 15.2. The van der Waals surface area contributed by atoms with Crippen molar-refractivity contribution in [3.05, 3.63) is 64.2 Å². The summed E-state index contributed by atoms with van der Waals surface area (Å²) in [5.74, 6) is 0.564. The number of carbonyl (C=O) groups is 1. The smallest absolute Gasteiger partial charge is 0.260 e. The first-order valence-electron chi connectivity index (χ1n) is 8.22. The Morgan fingerprint density at radius 1 is 1.17 bits per heavy atom. The zero-order chi connectivity index (χ0) is 17.5. The van der Waals surface area contributed by atoms with Gasteiger partial charge in [-0.3, -0.25) is 4.79 Å². The van der Waals surface area contributed by atoms with E-state index in [-0.39, 0.29) is 5.91 Å². The van der Waals surface area contributed by atoms with Gasteiger partial charge in [0.2, 0.25) is 0 Å². The van der Waals surface area contributed by atoms with Crippen LogP contribution in [0.4, 0.5) is 0 Å². The molecule has 3 nitrogen and oxygen atoms in total. The number of hydrogen-bond acceptors (Lipinski definition) is 2. The first kappa shape index (κ1) is 18.3. The molecule has 24 heavy (non-hydrogen) atoms. The minimum Gasteiger partial charge on any atom is -0.481 e. The van der Waals surface area contributed by atoms with Gasteiger partial charge in [0.25, 0.3) is 5.91 Å². The lowest BCUT2D eigenvalue weighted by Crippen LogP contribution is -2.37. The van der Waals surface area contributed by atoms with E-state index in [1.165, 1.54) is 5.56 Å². The van der Waals surface area contributed by atoms with E-state index < -0.39 is 6.10 Å². The van der Waals surface area contributed by atoms with Crippen LogP contribution >= 0.6 is 11.6 Å². The van der Waals surface area contributed by atoms with Crippen LogP contribution in [0.15, 0.2) is 42.5 Å². The van der Waals surface area contributed by atoms with Crippen LogP contribution in [0.5, 0.6) is 5.75 Å². The van der Waals surface area contributed by atoms with Gasteiger partial charge in [0.15, 0.2) is 6.10 Å². The number of hydrogen-bond donors (Lipinski definition) is 1. The van der Waals surface area contributed by atoms with Gasteiger partial charge < -0.3 is 10.1 Å². The van der Waals surface area contributed by atoms with Crippen LogP contribution in [-0.2, 0) is 11.2 Å². The highest BCUT2D eigenvalue weighted by Gasteiger charge is 2.15. The lowest BCUT2D eigenvalue weighted by atomic mass is 10.1. The Bertz CT molecular complexity index is 662. The van der Waals surface area contributed by atoms with Crippen molar-refractivity contribution in [1.29, 1.82) is 0 Å². The molecular weight excluding hydrogens is 322 g/mol. The fourth-order valence-electron chi connectivity index (χ4n) is 2.52. The molecule has 1 amide bonds. The molecule has 0 heterocycles. The minimum atomic E-state index is -0.540. The SMILES string of the molecule is Cc1cc(O[C@H](C)C(=O)NCCCc2ccccc2)cc(C)c1Cl. The van der Waals surface area contributed by atoms with E-state index in [0.717, 1.165) is 29.0 Å². The van der Waals surface area contributed by atoms with Gasteiger partial charge in [-0.25, -0.2) is 0 Å². The van der Waals surface area contributed by atoms with Gasteiger partial charge in [-0.2, -0.15) is 0 Å². The maximum Gasteiger partial charge on any atom is 0.260 e. The standard InChI is InChI=1S/C20H24ClNO2/c1-14-12-18(13-15(2)19(14)21)24-16(3)20(23)22-11-7-10-17-8-5-4-6-9-17/h4-6,8-9,12-13,16H,7,10-11H2,1-3H3,(H,22,23)/t16-/m1/s1. The van der Waals surface area contributed by atoms with Gasteiger partial charge in [-0.1, -0.05) is 41.9 Å². The van der Waals surface area contributed by atoms with Crippen LogP contribution in [0.25, 0.3) is 0 Å². The molecule has 0 aromatic heterocycles. The first-order valence-corrected chi connectivity index (χ1v) is 8.60. The van der Waals surface area contributed by atoms with Crippen LogP contribution < -0.4 is 10.1 Å². The second kappa shape index (κ2) is 8.74. The minimum absolute atomic E-state index is 0.103. The molecule has 0 unspecified atom stereocenters. The molecule has 0 spiro atoms. The van der Waals surface area contributed by atoms with Crippen molar-refractivity contribution in [3.63, 3.8) is 0 Å². The van der Waals surface area contributed by atoms with Crippen LogP contribution in [0.1, 0.15) is 30.0 Å². The normalized spacial score (nSPS) is 11.8. The molecule has 1 N–H and O–H groups in total. The van der Waals surface area contributed by atoms with Crippen LogP contribution in [0.2, 0.25) is 5.02 Å². The Morgan fingerprint density at radius 3 is 2.42 bits per heavy atom. The van der Waals surface area contributed by atoms with Gasteiger partial charge in [0.05, 0.1) is 0 Å². The van der Waals surface area contributed by atoms with Crippen molar-refractivity contribution in [3.8, 4) is 5.75 Å². The number of carbonyl (C=O) groups excluding carboxylic acids is 1. The van der Waals surface area contributed by atoms with Crippen molar-refractivity contribution in [1.82, 2.24) is 5.32 Å². The summed E-state index contributed by atoms with van der Waals surface area (Å²) < 4.78 is 5.74. The van der Waals surface area contributed by atoms with Crippen LogP contribution in [-0.4, -0.2) is 18.6 Å². The second-order valence-electron chi connectivity index (χ2n) is 6.01. The van der Waals surface area contributed by atoms with Crippen molar-refractivity contribution < 1.29 is 9.53 Å². The molecule has 0 aliphatic carbocycles. The number of benzene rings is 2. The Hall–Kier alpha value is -2.00. The molecular formula is C20H24ClNO2. The number of nitrogens with one attached hydrogen (secondary N) is 1. The summed E-state index contributed by atoms with van der Waals surface area (Å²) in [5.41, 5.74) is 3.17. The Morgan fingerprint density at radius 2 is 1.79 bits per heavy atom. The van der Waals surface area contributed by atoms with Crippen molar-refractivity contribution >= 4 is 17.5 Å². The average molecular weight is 346 g/mol. The van der Waals surface area contributed by atoms with E-state index in [1.54, 1.807) is 6.92 Å². The number of rotatable bonds is 7. The summed E-state index contributed by atoms with van der Waals surface area (Å²) in [4.78, 5) is 12.1. The number of ether oxygens (including phenoxy) is 1. The first-order chi connectivity index (χ1) is 11.5. The molecule has 0 fully saturated rings. The summed E-state index contributed by atoms with van der Waals surface area (Å²) in [7, 11) is 0. The van der Waals surface area contributed by atoms with Crippen LogP contribution in [0, 0.1) is 13.8 Å². The third kappa shape index (κ3) is 5.27. The number of aryl methyl sites for hydroxylation is 3. The Balaban J connectivity index is 1.78. The fourth-order valence-corrected chi connectivity index (χ4v) is 2.63. The Kier molecular flexibility index (Phi) is 6.68. The summed E-state index contributed by atoms with van der Waals surface area (Å²) in [6.45, 7) is 6.25. The van der Waals surface area contributed by atoms with E-state index in [4.69, 9.17) is 16.3 Å². The molecule has 0 aliphatic heterocycles. The molecule has 0 radical (unpaired) electrons. The van der Waals surface area contributed by atoms with Gasteiger partial charge in [0, 0.05) is 11.6 Å². The summed E-state index contributed by atoms with van der Waals surface area (Å²) in [6, 6.07) is 14.0. The molecule has 1 atom stereocenters. The highest BCUT2D eigenvalue weighted by atomic mass is 35.5. The summed E-state index contributed by atoms with van der Waals surface area (Å²) in [6.07, 6.45) is 1.31. The largest absolute Gasteiger partial charge is 0.481 e. The van der Waals surface area contributed by atoms with E-state index in [9.17, 15) is 4.79 Å². The van der Waals surface area contributed by atoms with Crippen molar-refractivity contribution in [2.45, 2.75) is 39.7 Å². The monoisotopic (exact) mass is 345 g/mol. The van der Waals surface area contributed by atoms with E-state index >= 15 is 0 Å². The predicted molar refractivity (Wildman–Crippen MR) is 98.8 cm³/mol. The highest BCUT2D eigenvalue weighted by molar-refractivity contribution is 6.32. The highest BCUT2D eigenvalue weighted by Crippen LogP contribution is 2.26. The maximum absolute atomic E-state index is 12.1. The summed E-state index contributed by atoms with van der Waals surface area (Å²) >= 11 is 6.15. The topological polar surface area (TPSA) is 38.3 Å². The fraction of sp³-hybridized carbons (Fsp3) is 0.350. The van der Waals surface area contributed by atoms with Crippen molar-refractivity contribution in [2.24, 2.45) is 0 Å². The zero-order valence-electron chi connectivity index (χ0n) is 14.4. The molecule has 2 aromatic rings. The van der Waals surface area contributed by atoms with Gasteiger partial charge in [-0.15, -0.1) is 0 Å². The molecule has 128 valence electrons. The van der Waals surface area contributed by atoms with Crippen LogP contribution in [0.3, 0.4) is 0 Å². The molecule has 0 aliphatic rings. The molecule has 4 heteroatoms. The summed E-state index contributed by atoms with van der Waals surface area (Å²) in [5, 5.41) is 3.66. The van der Waals surface area contributed by atoms with Crippen molar-refractivity contribution in [2.75, 3.05) is 6.54 Å². The maximum atomic E-state index is 12.1. The lowest BCUT2D eigenvalue weighted by molar-refractivity contribution is -0.127. The third-order valence-corrected chi connectivity index (χ3v) is 4.47.